The number of nitrogens with one attached hydrogen (secondary N) is 1. The van der Waals surface area contributed by atoms with E-state index in [2.05, 4.69) is 22.3 Å². The lowest BCUT2D eigenvalue weighted by atomic mass is 9.94. The molecule has 282 valence electrons. The van der Waals surface area contributed by atoms with E-state index in [0.717, 1.165) is 89.8 Å². The predicted molar refractivity (Wildman–Crippen MR) is 206 cm³/mol. The number of methoxy groups -OCH3 is 2. The summed E-state index contributed by atoms with van der Waals surface area (Å²) in [7, 11) is 3.20. The quantitative estimate of drug-likeness (QED) is 0.139. The molecule has 12 heteroatoms. The second-order valence-electron chi connectivity index (χ2n) is 15.0. The molecule has 8 rings (SSSR count). The zero-order chi connectivity index (χ0) is 37.5. The van der Waals surface area contributed by atoms with Crippen LogP contribution in [0, 0.1) is 17.8 Å². The van der Waals surface area contributed by atoms with Crippen LogP contribution >= 0.6 is 23.2 Å². The van der Waals surface area contributed by atoms with Gasteiger partial charge in [-0.1, -0.05) is 65.7 Å². The Balaban J connectivity index is 0.993. The van der Waals surface area contributed by atoms with Gasteiger partial charge < -0.3 is 24.6 Å². The largest absolute Gasteiger partial charge is 0.481 e. The number of aliphatic carboxylic acids is 1. The number of fused-ring (bicyclic) bond motifs is 3. The van der Waals surface area contributed by atoms with Gasteiger partial charge in [-0.2, -0.15) is 4.98 Å². The molecule has 2 aromatic heterocycles. The number of carbonyl (C=O) groups excluding carboxylic acids is 1. The van der Waals surface area contributed by atoms with Crippen molar-refractivity contribution in [2.45, 2.75) is 70.2 Å². The average molecular weight is 772 g/mol. The van der Waals surface area contributed by atoms with Crippen LogP contribution in [0.1, 0.15) is 66.9 Å². The molecular weight excluding hydrogens is 727 g/mol. The normalized spacial score (nSPS) is 23.2. The molecule has 5 atom stereocenters. The summed E-state index contributed by atoms with van der Waals surface area (Å²) >= 11 is 14.0. The third-order valence-corrected chi connectivity index (χ3v) is 12.5. The summed E-state index contributed by atoms with van der Waals surface area (Å²) in [6.45, 7) is 2.65. The first-order chi connectivity index (χ1) is 26.2. The lowest BCUT2D eigenvalue weighted by Crippen LogP contribution is -2.34. The lowest BCUT2D eigenvalue weighted by Gasteiger charge is -2.27. The van der Waals surface area contributed by atoms with E-state index in [4.69, 9.17) is 47.4 Å². The molecular formula is C42H44Cl2N4O6. The lowest BCUT2D eigenvalue weighted by molar-refractivity contribution is -0.142. The van der Waals surface area contributed by atoms with Crippen LogP contribution in [0.4, 0.5) is 0 Å². The third-order valence-electron chi connectivity index (χ3n) is 11.8. The maximum atomic E-state index is 11.9. The first-order valence-corrected chi connectivity index (χ1v) is 19.5. The summed E-state index contributed by atoms with van der Waals surface area (Å²) in [5.41, 5.74) is 7.45. The van der Waals surface area contributed by atoms with E-state index in [1.54, 1.807) is 14.2 Å². The highest BCUT2D eigenvalue weighted by Crippen LogP contribution is 2.46. The van der Waals surface area contributed by atoms with Gasteiger partial charge in [-0.15, -0.1) is 0 Å². The number of Topliss-reactive ketones (excluding diaryl/α,β-unsaturated/α-hetero) is 1. The highest BCUT2D eigenvalue weighted by Gasteiger charge is 2.50. The van der Waals surface area contributed by atoms with Crippen LogP contribution in [0.15, 0.2) is 54.6 Å². The smallest absolute Gasteiger partial charge is 0.308 e. The minimum absolute atomic E-state index is 0.0128. The number of ketones is 1. The maximum Gasteiger partial charge on any atom is 0.308 e. The Kier molecular flexibility index (Phi) is 10.5. The number of rotatable bonds is 13. The van der Waals surface area contributed by atoms with E-state index in [0.29, 0.717) is 65.3 Å². The Bertz CT molecular complexity index is 2090. The van der Waals surface area contributed by atoms with Gasteiger partial charge in [0.05, 0.1) is 30.9 Å². The summed E-state index contributed by atoms with van der Waals surface area (Å²) in [6.07, 6.45) is 5.38. The van der Waals surface area contributed by atoms with Gasteiger partial charge in [0, 0.05) is 60.8 Å². The molecule has 3 fully saturated rings. The van der Waals surface area contributed by atoms with Crippen LogP contribution in [-0.2, 0) is 29.1 Å². The van der Waals surface area contributed by atoms with Gasteiger partial charge in [0.1, 0.15) is 16.9 Å². The molecule has 4 aromatic rings. The molecule has 2 N–H and O–H groups in total. The number of piperidine rings is 1. The Morgan fingerprint density at radius 3 is 2.44 bits per heavy atom. The van der Waals surface area contributed by atoms with Crippen LogP contribution in [0.3, 0.4) is 0 Å². The maximum absolute atomic E-state index is 11.9. The minimum atomic E-state index is -0.713. The number of pyridine rings is 2. The number of ether oxygens (including phenoxy) is 3. The van der Waals surface area contributed by atoms with Crippen molar-refractivity contribution >= 4 is 35.0 Å². The number of benzene rings is 2. The first-order valence-electron chi connectivity index (χ1n) is 18.8. The molecule has 3 aliphatic carbocycles. The van der Waals surface area contributed by atoms with Gasteiger partial charge in [-0.25, -0.2) is 4.98 Å². The Hall–Kier alpha value is -4.22. The van der Waals surface area contributed by atoms with E-state index < -0.39 is 5.97 Å². The highest BCUT2D eigenvalue weighted by molar-refractivity contribution is 6.36. The van der Waals surface area contributed by atoms with Crippen molar-refractivity contribution in [2.75, 3.05) is 27.3 Å². The number of carbonyl (C=O) groups is 2. The van der Waals surface area contributed by atoms with Crippen LogP contribution in [0.2, 0.25) is 10.0 Å². The number of nitrogens with zero attached hydrogens (tertiary/aromatic N) is 3. The minimum Gasteiger partial charge on any atom is -0.481 e. The fourth-order valence-electron chi connectivity index (χ4n) is 9.21. The zero-order valence-corrected chi connectivity index (χ0v) is 32.0. The van der Waals surface area contributed by atoms with Crippen molar-refractivity contribution in [2.24, 2.45) is 17.8 Å². The van der Waals surface area contributed by atoms with Gasteiger partial charge in [-0.3, -0.25) is 14.5 Å². The second kappa shape index (κ2) is 15.5. The standard InChI is InChI=1S/C42H44Cl2N4O6/c1-52-39-24(20-45-19-23-9-12-27(49)17-23)10-14-34(46-39)32-8-4-7-31(38(32)44)28-5-3-6-30-29(28)13-16-36(30)54-41-33(43)18-26(40(47-41)53-2)22-48-21-25-11-15-35(48)37(25)42(50)51/h3-8,10,14,18,23,25,35-37,45H,9,11-13,15-17,19-22H2,1-2H3,(H,50,51)/t23-,25?,35?,36+,37?/m1/s1. The molecule has 3 unspecified atom stereocenters. The Morgan fingerprint density at radius 1 is 0.907 bits per heavy atom. The summed E-state index contributed by atoms with van der Waals surface area (Å²) < 4.78 is 17.9. The van der Waals surface area contributed by atoms with Gasteiger partial charge >= 0.3 is 5.97 Å². The van der Waals surface area contributed by atoms with E-state index in [-0.39, 0.29) is 24.0 Å². The molecule has 0 spiro atoms. The van der Waals surface area contributed by atoms with Gasteiger partial charge in [0.25, 0.3) is 0 Å². The van der Waals surface area contributed by atoms with E-state index >= 15 is 0 Å². The third kappa shape index (κ3) is 7.05. The molecule has 2 bridgehead atoms. The average Bonchev–Trinajstić information content (AvgIpc) is 3.97. The van der Waals surface area contributed by atoms with Crippen LogP contribution in [-0.4, -0.2) is 65.1 Å². The van der Waals surface area contributed by atoms with Crippen LogP contribution in [0.25, 0.3) is 22.4 Å². The van der Waals surface area contributed by atoms with E-state index in [9.17, 15) is 14.7 Å². The van der Waals surface area contributed by atoms with Crippen LogP contribution in [0.5, 0.6) is 17.6 Å². The summed E-state index contributed by atoms with van der Waals surface area (Å²) in [5.74, 6) is 1.15. The highest BCUT2D eigenvalue weighted by atomic mass is 35.5. The molecule has 3 heterocycles. The fraction of sp³-hybridized carbons (Fsp3) is 0.429. The molecule has 1 aliphatic heterocycles. The number of hydrogen-bond acceptors (Lipinski definition) is 9. The van der Waals surface area contributed by atoms with E-state index in [1.807, 2.05) is 42.5 Å². The summed E-state index contributed by atoms with van der Waals surface area (Å²) in [4.78, 5) is 35.3. The van der Waals surface area contributed by atoms with Gasteiger partial charge in [0.15, 0.2) is 0 Å². The number of aromatic nitrogens is 2. The van der Waals surface area contributed by atoms with Crippen molar-refractivity contribution in [3.8, 4) is 40.0 Å². The molecule has 1 saturated heterocycles. The van der Waals surface area contributed by atoms with Gasteiger partial charge in [0.2, 0.25) is 17.6 Å². The fourth-order valence-corrected chi connectivity index (χ4v) is 9.76. The SMILES string of the molecule is COc1nc(-c2cccc(-c3cccc4c3CC[C@@H]4Oc3nc(OC)c(CN4CC5CCC4C5C(=O)O)cc3Cl)c2Cl)ccc1CNC[C@@H]1CCC(=O)C1. The monoisotopic (exact) mass is 770 g/mol. The number of halogens is 2. The van der Waals surface area contributed by atoms with Crippen molar-refractivity contribution < 1.29 is 28.9 Å². The van der Waals surface area contributed by atoms with E-state index in [1.165, 1.54) is 0 Å². The Labute approximate surface area is 325 Å². The molecule has 2 saturated carbocycles. The van der Waals surface area contributed by atoms with Gasteiger partial charge in [-0.05, 0) is 79.3 Å². The number of likely N-dealkylation sites (tertiary alicyclic amines) is 1. The van der Waals surface area contributed by atoms with Crippen molar-refractivity contribution in [1.82, 2.24) is 20.2 Å². The molecule has 4 aliphatic rings. The first kappa shape index (κ1) is 36.7. The molecule has 54 heavy (non-hydrogen) atoms. The zero-order valence-electron chi connectivity index (χ0n) is 30.4. The van der Waals surface area contributed by atoms with Crippen LogP contribution < -0.4 is 19.5 Å². The second-order valence-corrected chi connectivity index (χ2v) is 15.8. The number of hydrogen-bond donors (Lipinski definition) is 2. The molecule has 0 radical (unpaired) electrons. The topological polar surface area (TPSA) is 123 Å². The number of carboxylic acid groups (broad SMARTS) is 1. The predicted octanol–water partition coefficient (Wildman–Crippen LogP) is 7.95. The molecule has 2 aromatic carbocycles. The molecule has 10 nitrogen and oxygen atoms in total. The van der Waals surface area contributed by atoms with Crippen molar-refractivity contribution in [3.05, 3.63) is 86.9 Å². The van der Waals surface area contributed by atoms with Crippen molar-refractivity contribution in [3.63, 3.8) is 0 Å². The number of carboxylic acids is 1. The molecule has 0 amide bonds. The summed E-state index contributed by atoms with van der Waals surface area (Å²) in [6, 6.07) is 18.1. The van der Waals surface area contributed by atoms with Crippen molar-refractivity contribution in [1.29, 1.82) is 0 Å². The Morgan fingerprint density at radius 2 is 1.69 bits per heavy atom. The summed E-state index contributed by atoms with van der Waals surface area (Å²) in [5, 5.41) is 14.2.